The lowest BCUT2D eigenvalue weighted by atomic mass is 9.96. The molecule has 21 heavy (non-hydrogen) atoms. The number of likely N-dealkylation sites (tertiary alicyclic amines) is 2. The summed E-state index contributed by atoms with van der Waals surface area (Å²) in [5.41, 5.74) is -0.673. The number of nitrogens with zero attached hydrogens (tertiary/aromatic N) is 2. The van der Waals surface area contributed by atoms with Crippen LogP contribution in [0.5, 0.6) is 0 Å². The van der Waals surface area contributed by atoms with Crippen LogP contribution in [0.1, 0.15) is 38.4 Å². The average Bonchev–Trinajstić information content (AvgIpc) is 3.19. The molecule has 1 unspecified atom stereocenters. The lowest BCUT2D eigenvalue weighted by Gasteiger charge is -2.36. The quantitative estimate of drug-likeness (QED) is 0.850. The Bertz CT molecular complexity index is 520. The van der Waals surface area contributed by atoms with Gasteiger partial charge in [0.25, 0.3) is 0 Å². The van der Waals surface area contributed by atoms with Gasteiger partial charge in [0.15, 0.2) is 0 Å². The van der Waals surface area contributed by atoms with Crippen molar-refractivity contribution >= 4 is 11.8 Å². The summed E-state index contributed by atoms with van der Waals surface area (Å²) in [6, 6.07) is 3.75. The summed E-state index contributed by atoms with van der Waals surface area (Å²) in [5, 5.41) is 0. The molecule has 0 aromatic carbocycles. The summed E-state index contributed by atoms with van der Waals surface area (Å²) >= 11 is 0. The van der Waals surface area contributed by atoms with Gasteiger partial charge in [0, 0.05) is 32.5 Å². The fourth-order valence-electron chi connectivity index (χ4n) is 3.43. The van der Waals surface area contributed by atoms with Gasteiger partial charge in [-0.15, -0.1) is 0 Å². The number of carbonyl (C=O) groups is 2. The topological polar surface area (TPSA) is 53.8 Å². The normalized spacial score (nSPS) is 25.9. The van der Waals surface area contributed by atoms with E-state index in [9.17, 15) is 9.59 Å². The van der Waals surface area contributed by atoms with E-state index in [1.165, 1.54) is 0 Å². The molecule has 0 N–H and O–H groups in total. The SMILES string of the molecule is CC1(C(=O)N2CCCC2)CCC(=O)N1CCc1ccco1. The fourth-order valence-corrected chi connectivity index (χ4v) is 3.43. The highest BCUT2D eigenvalue weighted by Gasteiger charge is 2.48. The summed E-state index contributed by atoms with van der Waals surface area (Å²) in [6.07, 6.45) is 5.52. The minimum atomic E-state index is -0.673. The molecule has 114 valence electrons. The van der Waals surface area contributed by atoms with Gasteiger partial charge in [-0.05, 0) is 38.3 Å². The van der Waals surface area contributed by atoms with Crippen molar-refractivity contribution < 1.29 is 14.0 Å². The summed E-state index contributed by atoms with van der Waals surface area (Å²) < 4.78 is 5.32. The predicted octanol–water partition coefficient (Wildman–Crippen LogP) is 1.83. The molecule has 3 rings (SSSR count). The Morgan fingerprint density at radius 1 is 1.38 bits per heavy atom. The Kier molecular flexibility index (Phi) is 3.74. The third-order valence-electron chi connectivity index (χ3n) is 4.74. The maximum atomic E-state index is 12.8. The minimum absolute atomic E-state index is 0.0802. The van der Waals surface area contributed by atoms with Gasteiger partial charge in [0.05, 0.1) is 6.26 Å². The molecule has 1 aromatic rings. The van der Waals surface area contributed by atoms with E-state index in [0.717, 1.165) is 31.7 Å². The van der Waals surface area contributed by atoms with Crippen molar-refractivity contribution in [2.45, 2.75) is 44.6 Å². The van der Waals surface area contributed by atoms with Gasteiger partial charge >= 0.3 is 0 Å². The zero-order valence-corrected chi connectivity index (χ0v) is 12.5. The molecule has 2 aliphatic heterocycles. The van der Waals surface area contributed by atoms with Crippen molar-refractivity contribution in [2.75, 3.05) is 19.6 Å². The molecule has 2 aliphatic rings. The number of amides is 2. The van der Waals surface area contributed by atoms with E-state index in [2.05, 4.69) is 0 Å². The van der Waals surface area contributed by atoms with Crippen molar-refractivity contribution in [2.24, 2.45) is 0 Å². The van der Waals surface area contributed by atoms with Gasteiger partial charge < -0.3 is 14.2 Å². The Balaban J connectivity index is 1.72. The summed E-state index contributed by atoms with van der Waals surface area (Å²) in [4.78, 5) is 28.7. The van der Waals surface area contributed by atoms with Crippen LogP contribution in [0.2, 0.25) is 0 Å². The first-order valence-electron chi connectivity index (χ1n) is 7.73. The number of hydrogen-bond donors (Lipinski definition) is 0. The number of carbonyl (C=O) groups excluding carboxylic acids is 2. The Hall–Kier alpha value is -1.78. The van der Waals surface area contributed by atoms with E-state index in [0.29, 0.717) is 25.8 Å². The summed E-state index contributed by atoms with van der Waals surface area (Å²) in [6.45, 7) is 4.12. The molecule has 0 spiro atoms. The van der Waals surface area contributed by atoms with Crippen molar-refractivity contribution in [1.82, 2.24) is 9.80 Å². The second-order valence-electron chi connectivity index (χ2n) is 6.15. The van der Waals surface area contributed by atoms with Gasteiger partial charge in [-0.3, -0.25) is 9.59 Å². The van der Waals surface area contributed by atoms with Crippen LogP contribution in [0.4, 0.5) is 0 Å². The van der Waals surface area contributed by atoms with Crippen LogP contribution in [-0.4, -0.2) is 46.8 Å². The van der Waals surface area contributed by atoms with Gasteiger partial charge in [-0.25, -0.2) is 0 Å². The van der Waals surface area contributed by atoms with Crippen molar-refractivity contribution in [1.29, 1.82) is 0 Å². The molecule has 1 aromatic heterocycles. The van der Waals surface area contributed by atoms with E-state index in [1.807, 2.05) is 24.0 Å². The lowest BCUT2D eigenvalue weighted by molar-refractivity contribution is -0.146. The van der Waals surface area contributed by atoms with E-state index < -0.39 is 5.54 Å². The fraction of sp³-hybridized carbons (Fsp3) is 0.625. The molecule has 3 heterocycles. The molecule has 5 nitrogen and oxygen atoms in total. The molecular weight excluding hydrogens is 268 g/mol. The molecule has 0 aliphatic carbocycles. The van der Waals surface area contributed by atoms with Crippen molar-refractivity contribution in [3.8, 4) is 0 Å². The van der Waals surface area contributed by atoms with E-state index in [4.69, 9.17) is 4.42 Å². The van der Waals surface area contributed by atoms with Gasteiger partial charge in [-0.1, -0.05) is 0 Å². The predicted molar refractivity (Wildman–Crippen MR) is 77.6 cm³/mol. The minimum Gasteiger partial charge on any atom is -0.469 e. The maximum Gasteiger partial charge on any atom is 0.248 e. The third-order valence-corrected chi connectivity index (χ3v) is 4.74. The van der Waals surface area contributed by atoms with Gasteiger partial charge in [0.1, 0.15) is 11.3 Å². The molecule has 0 saturated carbocycles. The molecule has 5 heteroatoms. The highest BCUT2D eigenvalue weighted by molar-refractivity contribution is 5.94. The molecule has 0 bridgehead atoms. The standard InChI is InChI=1S/C16H22N2O3/c1-16(15(20)17-9-2-3-10-17)8-6-14(19)18(16)11-7-13-5-4-12-21-13/h4-5,12H,2-3,6-11H2,1H3. The largest absolute Gasteiger partial charge is 0.469 e. The van der Waals surface area contributed by atoms with Crippen molar-refractivity contribution in [3.05, 3.63) is 24.2 Å². The molecular formula is C16H22N2O3. The third kappa shape index (κ3) is 2.57. The highest BCUT2D eigenvalue weighted by Crippen LogP contribution is 2.33. The van der Waals surface area contributed by atoms with Crippen LogP contribution >= 0.6 is 0 Å². The molecule has 2 saturated heterocycles. The first kappa shape index (κ1) is 14.2. The smallest absolute Gasteiger partial charge is 0.248 e. The number of hydrogen-bond acceptors (Lipinski definition) is 3. The Morgan fingerprint density at radius 3 is 2.81 bits per heavy atom. The zero-order chi connectivity index (χ0) is 14.9. The monoisotopic (exact) mass is 290 g/mol. The van der Waals surface area contributed by atoms with Crippen LogP contribution in [-0.2, 0) is 16.0 Å². The van der Waals surface area contributed by atoms with Crippen molar-refractivity contribution in [3.63, 3.8) is 0 Å². The summed E-state index contributed by atoms with van der Waals surface area (Å²) in [7, 11) is 0. The van der Waals surface area contributed by atoms with Crippen LogP contribution in [0, 0.1) is 0 Å². The van der Waals surface area contributed by atoms with Crippen LogP contribution in [0.3, 0.4) is 0 Å². The Morgan fingerprint density at radius 2 is 2.14 bits per heavy atom. The molecule has 1 atom stereocenters. The second-order valence-corrected chi connectivity index (χ2v) is 6.15. The van der Waals surface area contributed by atoms with E-state index >= 15 is 0 Å². The zero-order valence-electron chi connectivity index (χ0n) is 12.5. The highest BCUT2D eigenvalue weighted by atomic mass is 16.3. The van der Waals surface area contributed by atoms with Crippen LogP contribution in [0.15, 0.2) is 22.8 Å². The van der Waals surface area contributed by atoms with E-state index in [-0.39, 0.29) is 11.8 Å². The number of furan rings is 1. The lowest BCUT2D eigenvalue weighted by Crippen LogP contribution is -2.55. The Labute approximate surface area is 124 Å². The average molecular weight is 290 g/mol. The summed E-state index contributed by atoms with van der Waals surface area (Å²) in [5.74, 6) is 1.05. The second kappa shape index (κ2) is 5.54. The van der Waals surface area contributed by atoms with Gasteiger partial charge in [-0.2, -0.15) is 0 Å². The van der Waals surface area contributed by atoms with Gasteiger partial charge in [0.2, 0.25) is 11.8 Å². The van der Waals surface area contributed by atoms with Crippen LogP contribution < -0.4 is 0 Å². The maximum absolute atomic E-state index is 12.8. The first-order valence-corrected chi connectivity index (χ1v) is 7.73. The molecule has 0 radical (unpaired) electrons. The molecule has 2 fully saturated rings. The first-order chi connectivity index (χ1) is 10.1. The van der Waals surface area contributed by atoms with E-state index in [1.54, 1.807) is 11.2 Å². The van der Waals surface area contributed by atoms with Crippen LogP contribution in [0.25, 0.3) is 0 Å². The molecule has 2 amide bonds. The number of rotatable bonds is 4.